The maximum Gasteiger partial charge on any atom is 0.238 e. The minimum Gasteiger partial charge on any atom is -0.361 e. The van der Waals surface area contributed by atoms with Gasteiger partial charge < -0.3 is 15.6 Å². The molecule has 6 heteroatoms. The van der Waals surface area contributed by atoms with Gasteiger partial charge in [0.1, 0.15) is 6.04 Å². The Labute approximate surface area is 132 Å². The van der Waals surface area contributed by atoms with Crippen molar-refractivity contribution in [3.63, 3.8) is 0 Å². The molecule has 1 aliphatic rings. The summed E-state index contributed by atoms with van der Waals surface area (Å²) in [5.41, 5.74) is 2.35. The van der Waals surface area contributed by atoms with Crippen LogP contribution in [0.1, 0.15) is 5.56 Å². The molecule has 0 bridgehead atoms. The van der Waals surface area contributed by atoms with Crippen molar-refractivity contribution in [2.75, 3.05) is 26.7 Å². The van der Waals surface area contributed by atoms with E-state index in [1.165, 1.54) is 10.9 Å². The topological polar surface area (TPSA) is 60.2 Å². The van der Waals surface area contributed by atoms with Crippen molar-refractivity contribution in [1.82, 2.24) is 20.5 Å². The first kappa shape index (κ1) is 14.6. The van der Waals surface area contributed by atoms with Crippen LogP contribution in [0.5, 0.6) is 0 Å². The van der Waals surface area contributed by atoms with Gasteiger partial charge in [-0.15, -0.1) is 0 Å². The van der Waals surface area contributed by atoms with Crippen LogP contribution in [-0.2, 0) is 11.3 Å². The highest BCUT2D eigenvalue weighted by atomic mass is 79.9. The fourth-order valence-electron chi connectivity index (χ4n) is 2.86. The van der Waals surface area contributed by atoms with Crippen LogP contribution >= 0.6 is 15.9 Å². The monoisotopic (exact) mass is 350 g/mol. The highest BCUT2D eigenvalue weighted by molar-refractivity contribution is 9.10. The smallest absolute Gasteiger partial charge is 0.238 e. The van der Waals surface area contributed by atoms with Gasteiger partial charge in [-0.3, -0.25) is 9.69 Å². The Morgan fingerprint density at radius 3 is 3.19 bits per heavy atom. The number of halogens is 1. The van der Waals surface area contributed by atoms with Gasteiger partial charge in [-0.2, -0.15) is 0 Å². The number of H-pyrrole nitrogens is 1. The van der Waals surface area contributed by atoms with Crippen LogP contribution in [0.3, 0.4) is 0 Å². The van der Waals surface area contributed by atoms with Gasteiger partial charge in [0.25, 0.3) is 0 Å². The summed E-state index contributed by atoms with van der Waals surface area (Å²) in [6.45, 7) is 3.26. The van der Waals surface area contributed by atoms with Crippen molar-refractivity contribution in [1.29, 1.82) is 0 Å². The lowest BCUT2D eigenvalue weighted by Gasteiger charge is -2.34. The van der Waals surface area contributed by atoms with Crippen molar-refractivity contribution in [3.05, 3.63) is 34.4 Å². The number of aromatic amines is 1. The van der Waals surface area contributed by atoms with Crippen molar-refractivity contribution >= 4 is 32.7 Å². The highest BCUT2D eigenvalue weighted by Gasteiger charge is 2.28. The third-order valence-corrected chi connectivity index (χ3v) is 4.50. The Balaban J connectivity index is 1.86. The molecule has 1 aliphatic heterocycles. The van der Waals surface area contributed by atoms with E-state index in [9.17, 15) is 4.79 Å². The van der Waals surface area contributed by atoms with Crippen molar-refractivity contribution in [3.8, 4) is 0 Å². The number of aromatic nitrogens is 1. The summed E-state index contributed by atoms with van der Waals surface area (Å²) in [4.78, 5) is 17.5. The van der Waals surface area contributed by atoms with E-state index in [0.717, 1.165) is 29.6 Å². The molecule has 0 aliphatic carbocycles. The third-order valence-electron chi connectivity index (χ3n) is 4.01. The minimum absolute atomic E-state index is 0.0724. The molecule has 21 heavy (non-hydrogen) atoms. The van der Waals surface area contributed by atoms with E-state index in [2.05, 4.69) is 48.6 Å². The Morgan fingerprint density at radius 2 is 2.38 bits per heavy atom. The number of fused-ring (bicyclic) bond motifs is 1. The lowest BCUT2D eigenvalue weighted by atomic mass is 10.1. The van der Waals surface area contributed by atoms with Gasteiger partial charge in [-0.05, 0) is 23.8 Å². The third kappa shape index (κ3) is 2.97. The van der Waals surface area contributed by atoms with Crippen LogP contribution in [0.2, 0.25) is 0 Å². The van der Waals surface area contributed by atoms with Crippen molar-refractivity contribution < 1.29 is 4.79 Å². The predicted octanol–water partition coefficient (Wildman–Crippen LogP) is 1.45. The molecule has 0 saturated carbocycles. The maximum absolute atomic E-state index is 12.0. The number of carbonyl (C=O) groups excluding carboxylic acids is 1. The summed E-state index contributed by atoms with van der Waals surface area (Å²) in [5, 5.41) is 7.25. The highest BCUT2D eigenvalue weighted by Crippen LogP contribution is 2.24. The zero-order valence-electron chi connectivity index (χ0n) is 11.9. The molecule has 0 radical (unpaired) electrons. The van der Waals surface area contributed by atoms with Gasteiger partial charge in [0, 0.05) is 54.8 Å². The van der Waals surface area contributed by atoms with Crippen LogP contribution in [0.25, 0.3) is 10.9 Å². The van der Waals surface area contributed by atoms with Crippen LogP contribution in [0, 0.1) is 0 Å². The predicted molar refractivity (Wildman–Crippen MR) is 87.1 cm³/mol. The lowest BCUT2D eigenvalue weighted by molar-refractivity contribution is -0.126. The molecule has 1 atom stereocenters. The number of likely N-dealkylation sites (N-methyl/N-ethyl adjacent to an activating group) is 1. The Bertz CT molecular complexity index is 654. The fourth-order valence-corrected chi connectivity index (χ4v) is 3.22. The second kappa shape index (κ2) is 6.17. The maximum atomic E-state index is 12.0. The number of rotatable bonds is 3. The zero-order valence-corrected chi connectivity index (χ0v) is 13.5. The molecule has 0 spiro atoms. The molecule has 1 amide bonds. The van der Waals surface area contributed by atoms with Gasteiger partial charge in [-0.25, -0.2) is 0 Å². The van der Waals surface area contributed by atoms with Crippen LogP contribution in [-0.4, -0.2) is 48.5 Å². The number of amides is 1. The number of benzene rings is 1. The summed E-state index contributed by atoms with van der Waals surface area (Å²) < 4.78 is 1.07. The molecule has 2 heterocycles. The first-order valence-electron chi connectivity index (χ1n) is 7.11. The van der Waals surface area contributed by atoms with Gasteiger partial charge in [0.2, 0.25) is 5.91 Å². The number of piperazine rings is 1. The van der Waals surface area contributed by atoms with Gasteiger partial charge >= 0.3 is 0 Å². The summed E-state index contributed by atoms with van der Waals surface area (Å²) in [7, 11) is 1.69. The van der Waals surface area contributed by atoms with Gasteiger partial charge in [-0.1, -0.05) is 15.9 Å². The fraction of sp³-hybridized carbons (Fsp3) is 0.400. The molecule has 112 valence electrons. The van der Waals surface area contributed by atoms with E-state index in [-0.39, 0.29) is 11.9 Å². The molecule has 3 rings (SSSR count). The molecular formula is C15H19BrN4O. The van der Waals surface area contributed by atoms with Crippen LogP contribution in [0.15, 0.2) is 28.9 Å². The molecule has 2 aromatic rings. The average molecular weight is 351 g/mol. The van der Waals surface area contributed by atoms with E-state index in [1.54, 1.807) is 7.05 Å². The molecule has 3 N–H and O–H groups in total. The summed E-state index contributed by atoms with van der Waals surface area (Å²) in [6.07, 6.45) is 2.04. The average Bonchev–Trinajstić information content (AvgIpc) is 2.89. The summed E-state index contributed by atoms with van der Waals surface area (Å²) in [5.74, 6) is 0.0724. The molecule has 5 nitrogen and oxygen atoms in total. The Morgan fingerprint density at radius 1 is 1.52 bits per heavy atom. The van der Waals surface area contributed by atoms with Gasteiger partial charge in [0.05, 0.1) is 0 Å². The normalized spacial score (nSPS) is 19.8. The van der Waals surface area contributed by atoms with E-state index in [1.807, 2.05) is 12.3 Å². The second-order valence-corrected chi connectivity index (χ2v) is 6.22. The van der Waals surface area contributed by atoms with Crippen molar-refractivity contribution in [2.45, 2.75) is 12.6 Å². The standard InChI is InChI=1S/C15H19BrN4O/c1-17-15(21)14-8-18-4-5-20(14)9-10-7-19-13-3-2-11(16)6-12(10)13/h2-3,6-7,14,18-19H,4-5,8-9H2,1H3,(H,17,21). The van der Waals surface area contributed by atoms with E-state index < -0.39 is 0 Å². The van der Waals surface area contributed by atoms with E-state index in [4.69, 9.17) is 0 Å². The first-order valence-corrected chi connectivity index (χ1v) is 7.90. The number of hydrogen-bond donors (Lipinski definition) is 3. The zero-order chi connectivity index (χ0) is 14.8. The van der Waals surface area contributed by atoms with E-state index in [0.29, 0.717) is 6.54 Å². The van der Waals surface area contributed by atoms with Crippen LogP contribution in [0.4, 0.5) is 0 Å². The number of nitrogens with zero attached hydrogens (tertiary/aromatic N) is 1. The molecule has 1 saturated heterocycles. The SMILES string of the molecule is CNC(=O)C1CNCCN1Cc1c[nH]c2ccc(Br)cc12. The second-order valence-electron chi connectivity index (χ2n) is 5.31. The van der Waals surface area contributed by atoms with Crippen LogP contribution < -0.4 is 10.6 Å². The number of hydrogen-bond acceptors (Lipinski definition) is 3. The lowest BCUT2D eigenvalue weighted by Crippen LogP contribution is -2.56. The number of nitrogens with one attached hydrogen (secondary N) is 3. The Hall–Kier alpha value is -1.37. The molecule has 1 unspecified atom stereocenters. The number of carbonyl (C=O) groups is 1. The Kier molecular flexibility index (Phi) is 4.28. The largest absolute Gasteiger partial charge is 0.361 e. The van der Waals surface area contributed by atoms with Crippen molar-refractivity contribution in [2.24, 2.45) is 0 Å². The van der Waals surface area contributed by atoms with Gasteiger partial charge in [0.15, 0.2) is 0 Å². The minimum atomic E-state index is -0.110. The molecule has 1 aromatic carbocycles. The molecule has 1 fully saturated rings. The molecule has 1 aromatic heterocycles. The summed E-state index contributed by atoms with van der Waals surface area (Å²) in [6, 6.07) is 6.11. The molecular weight excluding hydrogens is 332 g/mol. The quantitative estimate of drug-likeness (QED) is 0.785. The summed E-state index contributed by atoms with van der Waals surface area (Å²) >= 11 is 3.52. The first-order chi connectivity index (χ1) is 10.2. The van der Waals surface area contributed by atoms with E-state index >= 15 is 0 Å².